The van der Waals surface area contributed by atoms with Crippen LogP contribution in [0, 0.1) is 10.1 Å². The van der Waals surface area contributed by atoms with Crippen LogP contribution in [0.25, 0.3) is 0 Å². The molecule has 0 radical (unpaired) electrons. The van der Waals surface area contributed by atoms with Crippen molar-refractivity contribution in [2.45, 2.75) is 0 Å². The average Bonchev–Trinajstić information content (AvgIpc) is 2.73. The Labute approximate surface area is 109 Å². The maximum absolute atomic E-state index is 10.8. The average molecular weight is 277 g/mol. The number of nitro benzene ring substituents is 1. The highest BCUT2D eigenvalue weighted by atomic mass is 35.5. The van der Waals surface area contributed by atoms with Crippen LogP contribution in [0.5, 0.6) is 0 Å². The minimum Gasteiger partial charge on any atom is -0.354 e. The highest BCUT2D eigenvalue weighted by Crippen LogP contribution is 2.27. The monoisotopic (exact) mass is 276 g/mol. The minimum absolute atomic E-state index is 0. The molecule has 0 atom stereocenters. The fourth-order valence-corrected chi connectivity index (χ4v) is 1.54. The van der Waals surface area contributed by atoms with E-state index >= 15 is 0 Å². The van der Waals surface area contributed by atoms with Gasteiger partial charge in [0.25, 0.3) is 5.69 Å². The molecule has 0 saturated carbocycles. The zero-order chi connectivity index (χ0) is 11.5. The van der Waals surface area contributed by atoms with E-state index in [9.17, 15) is 10.1 Å². The summed E-state index contributed by atoms with van der Waals surface area (Å²) in [4.78, 5) is 14.4. The number of benzene rings is 1. The number of nitrogens with zero attached hydrogens (tertiary/aromatic N) is 2. The molecule has 2 N–H and O–H groups in total. The third kappa shape index (κ3) is 3.21. The molecule has 0 aromatic heterocycles. The van der Waals surface area contributed by atoms with Gasteiger partial charge in [0.05, 0.1) is 11.5 Å². The Hall–Kier alpha value is -1.53. The van der Waals surface area contributed by atoms with Gasteiger partial charge in [-0.25, -0.2) is 0 Å². The lowest BCUT2D eigenvalue weighted by molar-refractivity contribution is -0.383. The second kappa shape index (κ2) is 5.70. The molecular weight excluding hydrogens is 267 g/mol. The number of rotatable bonds is 2. The summed E-state index contributed by atoms with van der Waals surface area (Å²) in [5.41, 5.74) is 0.312. The summed E-state index contributed by atoms with van der Waals surface area (Å²) in [6, 6.07) is 4.45. The number of nitrogens with one attached hydrogen (secondary N) is 2. The maximum Gasteiger partial charge on any atom is 0.294 e. The molecule has 2 rings (SSSR count). The SMILES string of the molecule is Cl.O=[N+]([O-])c1cc(Cl)ccc1NC1=NCCN1. The van der Waals surface area contributed by atoms with Crippen LogP contribution in [0.15, 0.2) is 23.2 Å². The van der Waals surface area contributed by atoms with Crippen LogP contribution in [0.1, 0.15) is 0 Å². The molecular formula is C9H10Cl2N4O2. The number of aliphatic imine (C=N–C) groups is 1. The van der Waals surface area contributed by atoms with E-state index in [1.165, 1.54) is 6.07 Å². The Bertz CT molecular complexity index is 464. The quantitative estimate of drug-likeness (QED) is 0.640. The first-order chi connectivity index (χ1) is 7.66. The number of nitro groups is 1. The van der Waals surface area contributed by atoms with E-state index in [0.717, 1.165) is 6.54 Å². The fraction of sp³-hybridized carbons (Fsp3) is 0.222. The van der Waals surface area contributed by atoms with Crippen molar-refractivity contribution in [2.24, 2.45) is 4.99 Å². The van der Waals surface area contributed by atoms with Crippen molar-refractivity contribution in [3.05, 3.63) is 33.3 Å². The zero-order valence-electron chi connectivity index (χ0n) is 8.64. The largest absolute Gasteiger partial charge is 0.354 e. The number of hydrogen-bond donors (Lipinski definition) is 2. The summed E-state index contributed by atoms with van der Waals surface area (Å²) in [7, 11) is 0. The number of guanidine groups is 1. The Kier molecular flexibility index (Phi) is 4.53. The predicted molar refractivity (Wildman–Crippen MR) is 69.3 cm³/mol. The molecule has 6 nitrogen and oxygen atoms in total. The molecule has 1 aromatic carbocycles. The smallest absolute Gasteiger partial charge is 0.294 e. The third-order valence-corrected chi connectivity index (χ3v) is 2.32. The molecule has 0 aliphatic carbocycles. The Morgan fingerprint density at radius 2 is 2.29 bits per heavy atom. The van der Waals surface area contributed by atoms with Gasteiger partial charge in [-0.05, 0) is 12.1 Å². The van der Waals surface area contributed by atoms with Crippen LogP contribution in [-0.2, 0) is 0 Å². The Morgan fingerprint density at radius 1 is 1.53 bits per heavy atom. The van der Waals surface area contributed by atoms with Crippen LogP contribution in [0.2, 0.25) is 5.02 Å². The highest BCUT2D eigenvalue weighted by Gasteiger charge is 2.16. The Morgan fingerprint density at radius 3 is 2.88 bits per heavy atom. The van der Waals surface area contributed by atoms with Crippen molar-refractivity contribution in [2.75, 3.05) is 18.4 Å². The number of halogens is 2. The molecule has 0 spiro atoms. The lowest BCUT2D eigenvalue weighted by atomic mass is 10.2. The third-order valence-electron chi connectivity index (χ3n) is 2.08. The van der Waals surface area contributed by atoms with E-state index in [1.807, 2.05) is 0 Å². The van der Waals surface area contributed by atoms with E-state index < -0.39 is 4.92 Å². The Balaban J connectivity index is 0.00000144. The molecule has 8 heteroatoms. The van der Waals surface area contributed by atoms with E-state index in [2.05, 4.69) is 15.6 Å². The maximum atomic E-state index is 10.8. The van der Waals surface area contributed by atoms with Gasteiger partial charge in [-0.3, -0.25) is 15.1 Å². The predicted octanol–water partition coefficient (Wildman–Crippen LogP) is 2.04. The van der Waals surface area contributed by atoms with Crippen LogP contribution >= 0.6 is 24.0 Å². The van der Waals surface area contributed by atoms with Gasteiger partial charge in [0.2, 0.25) is 0 Å². The van der Waals surface area contributed by atoms with Gasteiger partial charge >= 0.3 is 0 Å². The van der Waals surface area contributed by atoms with Crippen molar-refractivity contribution in [3.8, 4) is 0 Å². The van der Waals surface area contributed by atoms with Gasteiger partial charge < -0.3 is 10.6 Å². The van der Waals surface area contributed by atoms with Gasteiger partial charge in [0.1, 0.15) is 5.69 Å². The molecule has 0 fully saturated rings. The summed E-state index contributed by atoms with van der Waals surface area (Å²) in [5, 5.41) is 17.0. The summed E-state index contributed by atoms with van der Waals surface area (Å²) in [5.74, 6) is 0.547. The first-order valence-corrected chi connectivity index (χ1v) is 5.04. The van der Waals surface area contributed by atoms with Crippen LogP contribution in [0.4, 0.5) is 11.4 Å². The standard InChI is InChI=1S/C9H9ClN4O2.ClH/c10-6-1-2-7(8(5-6)14(15)16)13-9-11-3-4-12-9;/h1-2,5H,3-4H2,(H2,11,12,13);1H. The van der Waals surface area contributed by atoms with Crippen molar-refractivity contribution < 1.29 is 4.92 Å². The van der Waals surface area contributed by atoms with E-state index in [1.54, 1.807) is 12.1 Å². The summed E-state index contributed by atoms with van der Waals surface area (Å²) in [6.45, 7) is 1.41. The topological polar surface area (TPSA) is 79.6 Å². The summed E-state index contributed by atoms with van der Waals surface area (Å²) >= 11 is 5.70. The van der Waals surface area contributed by atoms with Crippen molar-refractivity contribution in [3.63, 3.8) is 0 Å². The first-order valence-electron chi connectivity index (χ1n) is 4.66. The van der Waals surface area contributed by atoms with E-state index in [-0.39, 0.29) is 18.1 Å². The van der Waals surface area contributed by atoms with Gasteiger partial charge in [0, 0.05) is 17.6 Å². The molecule has 0 saturated heterocycles. The van der Waals surface area contributed by atoms with Gasteiger partial charge in [0.15, 0.2) is 5.96 Å². The zero-order valence-corrected chi connectivity index (χ0v) is 10.2. The van der Waals surface area contributed by atoms with Crippen molar-refractivity contribution in [1.82, 2.24) is 5.32 Å². The molecule has 1 heterocycles. The molecule has 1 aliphatic heterocycles. The highest BCUT2D eigenvalue weighted by molar-refractivity contribution is 6.31. The molecule has 17 heavy (non-hydrogen) atoms. The number of anilines is 1. The molecule has 0 bridgehead atoms. The van der Waals surface area contributed by atoms with Crippen LogP contribution < -0.4 is 10.6 Å². The second-order valence-corrected chi connectivity index (χ2v) is 3.64. The summed E-state index contributed by atoms with van der Waals surface area (Å²) in [6.07, 6.45) is 0. The van der Waals surface area contributed by atoms with Crippen molar-refractivity contribution in [1.29, 1.82) is 0 Å². The molecule has 92 valence electrons. The van der Waals surface area contributed by atoms with Crippen LogP contribution in [0.3, 0.4) is 0 Å². The fourth-order valence-electron chi connectivity index (χ4n) is 1.37. The normalized spacial score (nSPS) is 13.4. The van der Waals surface area contributed by atoms with Gasteiger partial charge in [-0.2, -0.15) is 0 Å². The van der Waals surface area contributed by atoms with Gasteiger partial charge in [-0.15, -0.1) is 12.4 Å². The molecule has 1 aromatic rings. The number of hydrogen-bond acceptors (Lipinski definition) is 5. The minimum atomic E-state index is -0.482. The summed E-state index contributed by atoms with van der Waals surface area (Å²) < 4.78 is 0. The molecule has 0 unspecified atom stereocenters. The second-order valence-electron chi connectivity index (χ2n) is 3.20. The van der Waals surface area contributed by atoms with Crippen molar-refractivity contribution >= 4 is 41.3 Å². The van der Waals surface area contributed by atoms with E-state index in [0.29, 0.717) is 23.2 Å². The first kappa shape index (κ1) is 13.5. The molecule has 1 aliphatic rings. The van der Waals surface area contributed by atoms with E-state index in [4.69, 9.17) is 11.6 Å². The van der Waals surface area contributed by atoms with Gasteiger partial charge in [-0.1, -0.05) is 11.6 Å². The van der Waals surface area contributed by atoms with Crippen LogP contribution in [-0.4, -0.2) is 24.0 Å². The molecule has 0 amide bonds. The lowest BCUT2D eigenvalue weighted by Crippen LogP contribution is -2.26. The lowest BCUT2D eigenvalue weighted by Gasteiger charge is -2.07.